The van der Waals surface area contributed by atoms with Crippen molar-refractivity contribution in [3.63, 3.8) is 0 Å². The van der Waals surface area contributed by atoms with Gasteiger partial charge >= 0.3 is 0 Å². The van der Waals surface area contributed by atoms with Gasteiger partial charge in [-0.1, -0.05) is 11.6 Å². The lowest BCUT2D eigenvalue weighted by Gasteiger charge is -2.03. The third-order valence-corrected chi connectivity index (χ3v) is 2.91. The highest BCUT2D eigenvalue weighted by atomic mass is 127. The van der Waals surface area contributed by atoms with Gasteiger partial charge in [-0.2, -0.15) is 0 Å². The number of nitrogens with zero attached hydrogens (tertiary/aromatic N) is 2. The van der Waals surface area contributed by atoms with Gasteiger partial charge in [0.1, 0.15) is 5.15 Å². The van der Waals surface area contributed by atoms with Crippen LogP contribution in [0.5, 0.6) is 0 Å². The highest BCUT2D eigenvalue weighted by Crippen LogP contribution is 2.25. The minimum atomic E-state index is 0.521. The Morgan fingerprint density at radius 1 is 1.21 bits per heavy atom. The lowest BCUT2D eigenvalue weighted by Crippen LogP contribution is -1.85. The molecule has 0 aliphatic rings. The number of pyridine rings is 2. The van der Waals surface area contributed by atoms with Gasteiger partial charge in [0, 0.05) is 27.7 Å². The molecule has 0 atom stereocenters. The third-order valence-electron chi connectivity index (χ3n) is 1.81. The fraction of sp³-hybridized carbons (Fsp3) is 0. The molecular formula is C10H6ClIN2. The van der Waals surface area contributed by atoms with Crippen LogP contribution in [0.2, 0.25) is 5.15 Å². The number of rotatable bonds is 1. The second-order valence-electron chi connectivity index (χ2n) is 2.72. The Labute approximate surface area is 100 Å². The van der Waals surface area contributed by atoms with Crippen LogP contribution in [0.25, 0.3) is 11.1 Å². The van der Waals surface area contributed by atoms with Gasteiger partial charge in [-0.15, -0.1) is 0 Å². The van der Waals surface area contributed by atoms with E-state index in [1.807, 2.05) is 18.2 Å². The van der Waals surface area contributed by atoms with Gasteiger partial charge in [-0.3, -0.25) is 4.98 Å². The van der Waals surface area contributed by atoms with E-state index in [9.17, 15) is 0 Å². The van der Waals surface area contributed by atoms with Crippen molar-refractivity contribution in [2.24, 2.45) is 0 Å². The van der Waals surface area contributed by atoms with Crippen molar-refractivity contribution < 1.29 is 0 Å². The highest BCUT2D eigenvalue weighted by Gasteiger charge is 2.03. The predicted octanol–water partition coefficient (Wildman–Crippen LogP) is 3.40. The van der Waals surface area contributed by atoms with Crippen molar-refractivity contribution in [3.05, 3.63) is 45.5 Å². The van der Waals surface area contributed by atoms with Gasteiger partial charge in [-0.25, -0.2) is 4.98 Å². The van der Waals surface area contributed by atoms with Gasteiger partial charge < -0.3 is 0 Å². The summed E-state index contributed by atoms with van der Waals surface area (Å²) in [7, 11) is 0. The first-order valence-electron chi connectivity index (χ1n) is 3.99. The molecule has 0 saturated carbocycles. The summed E-state index contributed by atoms with van der Waals surface area (Å²) in [4.78, 5) is 8.03. The van der Waals surface area contributed by atoms with Crippen molar-refractivity contribution in [2.45, 2.75) is 0 Å². The molecule has 0 aliphatic heterocycles. The Morgan fingerprint density at radius 2 is 1.93 bits per heavy atom. The fourth-order valence-corrected chi connectivity index (χ4v) is 2.24. The standard InChI is InChI=1S/C10H6ClIN2/c11-10-5-9(12)8(6-14-10)7-1-3-13-4-2-7/h1-6H. The van der Waals surface area contributed by atoms with Crippen molar-refractivity contribution in [3.8, 4) is 11.1 Å². The van der Waals surface area contributed by atoms with Crippen LogP contribution in [0.1, 0.15) is 0 Å². The van der Waals surface area contributed by atoms with Crippen LogP contribution in [-0.4, -0.2) is 9.97 Å². The normalized spacial score (nSPS) is 10.1. The topological polar surface area (TPSA) is 25.8 Å². The van der Waals surface area contributed by atoms with Crippen LogP contribution in [-0.2, 0) is 0 Å². The van der Waals surface area contributed by atoms with Gasteiger partial charge in [0.05, 0.1) is 0 Å². The molecular weight excluding hydrogens is 310 g/mol. The van der Waals surface area contributed by atoms with E-state index in [0.717, 1.165) is 14.7 Å². The molecule has 0 bridgehead atoms. The fourth-order valence-electron chi connectivity index (χ4n) is 1.15. The molecule has 2 aromatic rings. The SMILES string of the molecule is Clc1cc(I)c(-c2ccncc2)cn1. The molecule has 0 aliphatic carbocycles. The van der Waals surface area contributed by atoms with Gasteiger partial charge in [0.15, 0.2) is 0 Å². The van der Waals surface area contributed by atoms with Crippen LogP contribution in [0.4, 0.5) is 0 Å². The van der Waals surface area contributed by atoms with E-state index in [4.69, 9.17) is 11.6 Å². The predicted molar refractivity (Wildman–Crippen MR) is 65.2 cm³/mol. The lowest BCUT2D eigenvalue weighted by atomic mass is 10.1. The van der Waals surface area contributed by atoms with Crippen molar-refractivity contribution in [1.29, 1.82) is 0 Å². The zero-order valence-corrected chi connectivity index (χ0v) is 10.0. The molecule has 0 N–H and O–H groups in total. The summed E-state index contributed by atoms with van der Waals surface area (Å²) >= 11 is 8.02. The van der Waals surface area contributed by atoms with Crippen molar-refractivity contribution in [1.82, 2.24) is 9.97 Å². The molecule has 2 aromatic heterocycles. The molecule has 2 heterocycles. The van der Waals surface area contributed by atoms with E-state index in [-0.39, 0.29) is 0 Å². The van der Waals surface area contributed by atoms with Gasteiger partial charge in [0.2, 0.25) is 0 Å². The average Bonchev–Trinajstić information content (AvgIpc) is 2.19. The Hall–Kier alpha value is -0.680. The minimum Gasteiger partial charge on any atom is -0.265 e. The quantitative estimate of drug-likeness (QED) is 0.595. The molecule has 0 saturated heterocycles. The lowest BCUT2D eigenvalue weighted by molar-refractivity contribution is 1.29. The summed E-state index contributed by atoms with van der Waals surface area (Å²) < 4.78 is 1.09. The molecule has 70 valence electrons. The second-order valence-corrected chi connectivity index (χ2v) is 4.27. The summed E-state index contributed by atoms with van der Waals surface area (Å²) in [5, 5.41) is 0.521. The molecule has 0 radical (unpaired) electrons. The summed E-state index contributed by atoms with van der Waals surface area (Å²) in [6.07, 6.45) is 5.31. The van der Waals surface area contributed by atoms with E-state index in [0.29, 0.717) is 5.15 Å². The minimum absolute atomic E-state index is 0.521. The van der Waals surface area contributed by atoms with Crippen molar-refractivity contribution >= 4 is 34.2 Å². The number of halogens is 2. The van der Waals surface area contributed by atoms with E-state index in [2.05, 4.69) is 32.6 Å². The summed E-state index contributed by atoms with van der Waals surface area (Å²) in [6.45, 7) is 0. The molecule has 0 fully saturated rings. The number of aromatic nitrogens is 2. The molecule has 14 heavy (non-hydrogen) atoms. The van der Waals surface area contributed by atoms with E-state index >= 15 is 0 Å². The van der Waals surface area contributed by atoms with Crippen LogP contribution in [0, 0.1) is 3.57 Å². The summed E-state index contributed by atoms with van der Waals surface area (Å²) in [5.41, 5.74) is 2.19. The molecule has 0 spiro atoms. The Morgan fingerprint density at radius 3 is 2.57 bits per heavy atom. The average molecular weight is 317 g/mol. The molecule has 0 unspecified atom stereocenters. The first-order chi connectivity index (χ1) is 6.77. The Bertz CT molecular complexity index is 445. The maximum Gasteiger partial charge on any atom is 0.130 e. The van der Waals surface area contributed by atoms with Crippen LogP contribution in [0.3, 0.4) is 0 Å². The first-order valence-corrected chi connectivity index (χ1v) is 5.44. The van der Waals surface area contributed by atoms with Gasteiger partial charge in [0.25, 0.3) is 0 Å². The van der Waals surface area contributed by atoms with E-state index < -0.39 is 0 Å². The maximum atomic E-state index is 5.78. The molecule has 0 amide bonds. The zero-order valence-electron chi connectivity index (χ0n) is 7.11. The Balaban J connectivity index is 2.53. The molecule has 2 nitrogen and oxygen atoms in total. The third kappa shape index (κ3) is 2.04. The maximum absolute atomic E-state index is 5.78. The van der Waals surface area contributed by atoms with Gasteiger partial charge in [-0.05, 0) is 46.4 Å². The van der Waals surface area contributed by atoms with Crippen molar-refractivity contribution in [2.75, 3.05) is 0 Å². The highest BCUT2D eigenvalue weighted by molar-refractivity contribution is 14.1. The first kappa shape index (κ1) is 9.86. The van der Waals surface area contributed by atoms with Crippen LogP contribution >= 0.6 is 34.2 Å². The number of hydrogen-bond donors (Lipinski definition) is 0. The van der Waals surface area contributed by atoms with E-state index in [1.54, 1.807) is 18.6 Å². The Kier molecular flexibility index (Phi) is 2.98. The largest absolute Gasteiger partial charge is 0.265 e. The zero-order chi connectivity index (χ0) is 9.97. The molecule has 2 rings (SSSR count). The monoisotopic (exact) mass is 316 g/mol. The summed E-state index contributed by atoms with van der Waals surface area (Å²) in [5.74, 6) is 0. The van der Waals surface area contributed by atoms with Crippen LogP contribution in [0.15, 0.2) is 36.8 Å². The molecule has 4 heteroatoms. The van der Waals surface area contributed by atoms with E-state index in [1.165, 1.54) is 0 Å². The smallest absolute Gasteiger partial charge is 0.130 e. The van der Waals surface area contributed by atoms with Crippen LogP contribution < -0.4 is 0 Å². The summed E-state index contributed by atoms with van der Waals surface area (Å²) in [6, 6.07) is 5.75. The molecule has 0 aromatic carbocycles. The number of hydrogen-bond acceptors (Lipinski definition) is 2. The second kappa shape index (κ2) is 4.23.